The van der Waals surface area contributed by atoms with Gasteiger partial charge in [-0.25, -0.2) is 8.42 Å². The number of anilines is 1. The number of hydrogen-bond acceptors (Lipinski definition) is 4. The topological polar surface area (TPSA) is 66.5 Å². The molecule has 0 saturated heterocycles. The van der Waals surface area contributed by atoms with E-state index in [0.717, 1.165) is 10.5 Å². The molecule has 7 heteroatoms. The Hall–Kier alpha value is -2.09. The molecule has 2 heterocycles. The fourth-order valence-electron chi connectivity index (χ4n) is 3.28. The van der Waals surface area contributed by atoms with Gasteiger partial charge in [0.15, 0.2) is 0 Å². The van der Waals surface area contributed by atoms with Crippen LogP contribution in [0.25, 0.3) is 5.57 Å². The second-order valence-corrected chi connectivity index (χ2v) is 9.94. The Morgan fingerprint density at radius 3 is 2.63 bits per heavy atom. The molecule has 0 fully saturated rings. The molecule has 2 aliphatic rings. The number of nitrogens with one attached hydrogen (secondary N) is 1. The van der Waals surface area contributed by atoms with Crippen molar-refractivity contribution < 1.29 is 13.2 Å². The van der Waals surface area contributed by atoms with Crippen LogP contribution in [0.2, 0.25) is 0 Å². The molecule has 0 aliphatic carbocycles. The lowest BCUT2D eigenvalue weighted by atomic mass is 10.0. The molecule has 1 amide bonds. The minimum Gasteiger partial charge on any atom is -0.324 e. The molecular weight excluding hydrogens is 380 g/mol. The van der Waals surface area contributed by atoms with Gasteiger partial charge in [-0.2, -0.15) is 4.31 Å². The summed E-state index contributed by atoms with van der Waals surface area (Å²) in [6.07, 6.45) is 2.66. The monoisotopic (exact) mass is 400 g/mol. The minimum atomic E-state index is -3.60. The fraction of sp³-hybridized carbons (Fsp3) is 0.250. The molecule has 2 aromatic carbocycles. The Kier molecular flexibility index (Phi) is 4.84. The van der Waals surface area contributed by atoms with Gasteiger partial charge in [-0.05, 0) is 42.7 Å². The Labute approximate surface area is 163 Å². The highest BCUT2D eigenvalue weighted by atomic mass is 32.2. The summed E-state index contributed by atoms with van der Waals surface area (Å²) in [5.41, 5.74) is 2.88. The van der Waals surface area contributed by atoms with Crippen LogP contribution in [0.4, 0.5) is 5.69 Å². The molecule has 1 atom stereocenters. The zero-order valence-electron chi connectivity index (χ0n) is 14.9. The molecule has 2 aromatic rings. The van der Waals surface area contributed by atoms with E-state index in [1.807, 2.05) is 43.3 Å². The summed E-state index contributed by atoms with van der Waals surface area (Å²) in [6.45, 7) is 2.62. The number of carbonyl (C=O) groups is 1. The number of sulfonamides is 1. The number of amides is 1. The summed E-state index contributed by atoms with van der Waals surface area (Å²) in [5.74, 6) is -0.101. The number of thioether (sulfide) groups is 1. The molecule has 140 valence electrons. The third kappa shape index (κ3) is 3.54. The van der Waals surface area contributed by atoms with E-state index in [4.69, 9.17) is 0 Å². The van der Waals surface area contributed by atoms with Crippen molar-refractivity contribution >= 4 is 39.0 Å². The lowest BCUT2D eigenvalue weighted by molar-refractivity contribution is -0.115. The van der Waals surface area contributed by atoms with Crippen LogP contribution >= 0.6 is 11.8 Å². The van der Waals surface area contributed by atoms with E-state index in [9.17, 15) is 13.2 Å². The molecule has 1 N–H and O–H groups in total. The molecule has 0 bridgehead atoms. The van der Waals surface area contributed by atoms with Crippen LogP contribution in [0.1, 0.15) is 18.9 Å². The average molecular weight is 401 g/mol. The van der Waals surface area contributed by atoms with Crippen molar-refractivity contribution in [3.05, 3.63) is 60.2 Å². The molecule has 0 radical (unpaired) electrons. The van der Waals surface area contributed by atoms with E-state index in [1.165, 1.54) is 21.6 Å². The molecule has 1 unspecified atom stereocenters. The minimum absolute atomic E-state index is 0.101. The van der Waals surface area contributed by atoms with Crippen LogP contribution in [0, 0.1) is 0 Å². The van der Waals surface area contributed by atoms with Crippen LogP contribution in [0.5, 0.6) is 0 Å². The van der Waals surface area contributed by atoms with Crippen LogP contribution in [0.3, 0.4) is 0 Å². The maximum absolute atomic E-state index is 13.0. The average Bonchev–Trinajstić information content (AvgIpc) is 2.69. The lowest BCUT2D eigenvalue weighted by Crippen LogP contribution is -2.35. The van der Waals surface area contributed by atoms with Gasteiger partial charge in [-0.1, -0.05) is 36.4 Å². The van der Waals surface area contributed by atoms with Crippen molar-refractivity contribution in [1.82, 2.24) is 4.31 Å². The number of carbonyl (C=O) groups excluding carboxylic acids is 1. The van der Waals surface area contributed by atoms with Gasteiger partial charge in [0.2, 0.25) is 15.9 Å². The Balaban J connectivity index is 1.57. The normalized spacial score (nSPS) is 20.6. The first kappa shape index (κ1) is 18.3. The van der Waals surface area contributed by atoms with Gasteiger partial charge in [0.05, 0.1) is 15.8 Å². The van der Waals surface area contributed by atoms with Crippen molar-refractivity contribution in [1.29, 1.82) is 0 Å². The first-order valence-electron chi connectivity index (χ1n) is 8.81. The van der Waals surface area contributed by atoms with E-state index >= 15 is 0 Å². The number of fused-ring (bicyclic) bond motifs is 1. The van der Waals surface area contributed by atoms with Crippen LogP contribution in [-0.4, -0.2) is 37.0 Å². The first-order chi connectivity index (χ1) is 12.9. The summed E-state index contributed by atoms with van der Waals surface area (Å²) < 4.78 is 27.6. The van der Waals surface area contributed by atoms with E-state index in [1.54, 1.807) is 18.2 Å². The number of hydrogen-bond donors (Lipinski definition) is 1. The summed E-state index contributed by atoms with van der Waals surface area (Å²) in [4.78, 5) is 13.0. The van der Waals surface area contributed by atoms with Gasteiger partial charge in [0.1, 0.15) is 0 Å². The predicted molar refractivity (Wildman–Crippen MR) is 108 cm³/mol. The van der Waals surface area contributed by atoms with E-state index in [2.05, 4.69) is 5.32 Å². The first-order valence-corrected chi connectivity index (χ1v) is 11.1. The lowest BCUT2D eigenvalue weighted by Gasteiger charge is -2.27. The molecule has 0 aromatic heterocycles. The smallest absolute Gasteiger partial charge is 0.243 e. The van der Waals surface area contributed by atoms with E-state index < -0.39 is 10.0 Å². The molecule has 4 rings (SSSR count). The van der Waals surface area contributed by atoms with Gasteiger partial charge in [-0.15, -0.1) is 11.8 Å². The molecule has 5 nitrogen and oxygen atoms in total. The number of nitrogens with zero attached hydrogens (tertiary/aromatic N) is 1. The van der Waals surface area contributed by atoms with Crippen LogP contribution < -0.4 is 5.32 Å². The quantitative estimate of drug-likeness (QED) is 0.855. The Bertz CT molecular complexity index is 1020. The fourth-order valence-corrected chi connectivity index (χ4v) is 5.62. The summed E-state index contributed by atoms with van der Waals surface area (Å²) >= 11 is 1.44. The molecule has 0 spiro atoms. The number of rotatable bonds is 3. The Morgan fingerprint density at radius 2 is 1.93 bits per heavy atom. The summed E-state index contributed by atoms with van der Waals surface area (Å²) in [6, 6.07) is 15.0. The van der Waals surface area contributed by atoms with E-state index in [0.29, 0.717) is 25.2 Å². The van der Waals surface area contributed by atoms with Crippen LogP contribution in [0.15, 0.2) is 64.4 Å². The maximum atomic E-state index is 13.0. The van der Waals surface area contributed by atoms with Crippen molar-refractivity contribution in [2.75, 3.05) is 18.4 Å². The highest BCUT2D eigenvalue weighted by molar-refractivity contribution is 8.01. The predicted octanol–water partition coefficient (Wildman–Crippen LogP) is 3.60. The largest absolute Gasteiger partial charge is 0.324 e. The highest BCUT2D eigenvalue weighted by Gasteiger charge is 2.29. The molecule has 0 saturated carbocycles. The number of benzene rings is 2. The molecule has 27 heavy (non-hydrogen) atoms. The SMILES string of the molecule is CC1Sc2ccc(S(=O)(=O)N3CC=C(c4ccccc4)CC3)cc2NC1=O. The third-order valence-electron chi connectivity index (χ3n) is 4.84. The highest BCUT2D eigenvalue weighted by Crippen LogP contribution is 2.37. The second-order valence-electron chi connectivity index (χ2n) is 6.62. The zero-order valence-corrected chi connectivity index (χ0v) is 16.5. The van der Waals surface area contributed by atoms with Crippen molar-refractivity contribution in [3.8, 4) is 0 Å². The molecule has 2 aliphatic heterocycles. The zero-order chi connectivity index (χ0) is 19.0. The van der Waals surface area contributed by atoms with Crippen molar-refractivity contribution in [3.63, 3.8) is 0 Å². The maximum Gasteiger partial charge on any atom is 0.243 e. The van der Waals surface area contributed by atoms with Gasteiger partial charge >= 0.3 is 0 Å². The van der Waals surface area contributed by atoms with Crippen molar-refractivity contribution in [2.24, 2.45) is 0 Å². The van der Waals surface area contributed by atoms with Gasteiger partial charge in [-0.3, -0.25) is 4.79 Å². The van der Waals surface area contributed by atoms with Gasteiger partial charge in [0, 0.05) is 18.0 Å². The van der Waals surface area contributed by atoms with Crippen LogP contribution in [-0.2, 0) is 14.8 Å². The third-order valence-corrected chi connectivity index (χ3v) is 7.87. The van der Waals surface area contributed by atoms with Gasteiger partial charge in [0.25, 0.3) is 0 Å². The summed E-state index contributed by atoms with van der Waals surface area (Å²) in [5, 5.41) is 2.62. The van der Waals surface area contributed by atoms with Crippen molar-refractivity contribution in [2.45, 2.75) is 28.4 Å². The second kappa shape index (κ2) is 7.14. The van der Waals surface area contributed by atoms with Gasteiger partial charge < -0.3 is 5.32 Å². The standard InChI is InChI=1S/C20H20N2O3S2/c1-14-20(23)21-18-13-17(7-8-19(18)26-14)27(24,25)22-11-9-16(10-12-22)15-5-3-2-4-6-15/h2-9,13-14H,10-12H2,1H3,(H,21,23). The summed E-state index contributed by atoms with van der Waals surface area (Å²) in [7, 11) is -3.60. The molecular formula is C20H20N2O3S2. The Morgan fingerprint density at radius 1 is 1.15 bits per heavy atom. The van der Waals surface area contributed by atoms with E-state index in [-0.39, 0.29) is 16.1 Å².